The molecular weight excluding hydrogens is 791 g/mol. The van der Waals surface area contributed by atoms with Crippen LogP contribution in [0.1, 0.15) is 82.8 Å². The Balaban J connectivity index is 1.64. The first-order valence-electron chi connectivity index (χ1n) is 22.3. The van der Waals surface area contributed by atoms with Crippen LogP contribution in [0.3, 0.4) is 0 Å². The number of nitrogens with zero attached hydrogens (tertiary/aromatic N) is 1. The van der Waals surface area contributed by atoms with E-state index in [1.165, 1.54) is 0 Å². The quantitative estimate of drug-likeness (QED) is 0.0496. The molecule has 1 fully saturated rings. The molecule has 0 aliphatic carbocycles. The van der Waals surface area contributed by atoms with Gasteiger partial charge in [0.25, 0.3) is 0 Å². The lowest BCUT2D eigenvalue weighted by molar-refractivity contribution is -0.137. The largest absolute Gasteiger partial charge is 0.354 e. The van der Waals surface area contributed by atoms with E-state index in [4.69, 9.17) is 22.9 Å². The molecule has 17 heteroatoms. The number of rotatable bonds is 28. The topological polar surface area (TPSA) is 282 Å². The van der Waals surface area contributed by atoms with Crippen molar-refractivity contribution in [3.8, 4) is 0 Å². The highest BCUT2D eigenvalue weighted by Crippen LogP contribution is 2.12. The fourth-order valence-corrected chi connectivity index (χ4v) is 7.22. The van der Waals surface area contributed by atoms with Gasteiger partial charge in [-0.3, -0.25) is 28.8 Å². The Bertz CT molecular complexity index is 1660. The minimum atomic E-state index is -1.01. The van der Waals surface area contributed by atoms with Crippen LogP contribution in [0.25, 0.3) is 0 Å². The monoisotopic (exact) mass is 864 g/mol. The van der Waals surface area contributed by atoms with Gasteiger partial charge in [0, 0.05) is 32.7 Å². The molecule has 3 rings (SSSR count). The van der Waals surface area contributed by atoms with Crippen LogP contribution in [-0.2, 0) is 41.6 Å². The maximum Gasteiger partial charge on any atom is 0.245 e. The van der Waals surface area contributed by atoms with E-state index in [9.17, 15) is 28.8 Å². The third-order valence-electron chi connectivity index (χ3n) is 10.8. The highest BCUT2D eigenvalue weighted by atomic mass is 16.2. The number of aryl methyl sites for hydroxylation is 1. The molecule has 344 valence electrons. The Hall–Kier alpha value is -4.94. The van der Waals surface area contributed by atoms with E-state index >= 15 is 0 Å². The summed E-state index contributed by atoms with van der Waals surface area (Å²) < 4.78 is 0. The van der Waals surface area contributed by atoms with Gasteiger partial charge in [-0.2, -0.15) is 0 Å². The second-order valence-corrected chi connectivity index (χ2v) is 16.5. The molecule has 1 heterocycles. The van der Waals surface area contributed by atoms with Gasteiger partial charge in [-0.05, 0) is 101 Å². The van der Waals surface area contributed by atoms with Crippen molar-refractivity contribution >= 4 is 35.4 Å². The zero-order chi connectivity index (χ0) is 45.3. The van der Waals surface area contributed by atoms with Crippen LogP contribution in [-0.4, -0.2) is 122 Å². The fraction of sp³-hybridized carbons (Fsp3) is 0.600. The van der Waals surface area contributed by atoms with E-state index in [0.717, 1.165) is 11.1 Å². The van der Waals surface area contributed by atoms with E-state index < -0.39 is 65.8 Å². The summed E-state index contributed by atoms with van der Waals surface area (Å²) >= 11 is 0. The fourth-order valence-electron chi connectivity index (χ4n) is 7.22. The summed E-state index contributed by atoms with van der Waals surface area (Å²) in [6.45, 7) is 7.21. The van der Waals surface area contributed by atoms with Gasteiger partial charge in [0.2, 0.25) is 35.4 Å². The van der Waals surface area contributed by atoms with Crippen molar-refractivity contribution < 1.29 is 28.8 Å². The normalized spacial score (nSPS) is 15.6. The van der Waals surface area contributed by atoms with Gasteiger partial charge < -0.3 is 59.7 Å². The summed E-state index contributed by atoms with van der Waals surface area (Å²) in [7, 11) is 0. The Morgan fingerprint density at radius 1 is 0.597 bits per heavy atom. The number of carbonyl (C=O) groups excluding carboxylic acids is 6. The van der Waals surface area contributed by atoms with E-state index in [1.807, 2.05) is 74.5 Å². The Labute approximate surface area is 367 Å². The molecule has 0 aromatic heterocycles. The van der Waals surface area contributed by atoms with Crippen LogP contribution >= 0.6 is 0 Å². The molecule has 62 heavy (non-hydrogen) atoms. The number of carbonyl (C=O) groups is 6. The third-order valence-corrected chi connectivity index (χ3v) is 10.8. The average Bonchev–Trinajstić information content (AvgIpc) is 3.27. The van der Waals surface area contributed by atoms with Gasteiger partial charge in [0.15, 0.2) is 0 Å². The second-order valence-electron chi connectivity index (χ2n) is 16.5. The lowest BCUT2D eigenvalue weighted by Gasteiger charge is -2.31. The number of piperazine rings is 1. The molecule has 14 N–H and O–H groups in total. The summed E-state index contributed by atoms with van der Waals surface area (Å²) in [6, 6.07) is 13.6. The first kappa shape index (κ1) is 51.4. The maximum atomic E-state index is 14.0. The zero-order valence-electron chi connectivity index (χ0n) is 36.7. The maximum absolute atomic E-state index is 14.0. The number of unbranched alkanes of at least 4 members (excludes halogenated alkanes) is 1. The SMILES string of the molecule is CC(C)C[C@@H](NC(=O)[C@@H](CCc1ccccc1)NC(=O)[C@H](N)Cc1ccccc1)C(=O)N[C@H](CCCN)C(=O)NCCCC[C@H](NC(=O)[C@H](N)CCCN)C(=O)N1CCNCC1. The lowest BCUT2D eigenvalue weighted by Crippen LogP contribution is -2.58. The van der Waals surface area contributed by atoms with Crippen LogP contribution < -0.4 is 54.8 Å². The van der Waals surface area contributed by atoms with E-state index in [0.29, 0.717) is 84.2 Å². The van der Waals surface area contributed by atoms with E-state index in [2.05, 4.69) is 31.9 Å². The first-order valence-corrected chi connectivity index (χ1v) is 22.3. The molecule has 0 radical (unpaired) electrons. The molecule has 0 spiro atoms. The number of hydrogen-bond acceptors (Lipinski definition) is 11. The van der Waals surface area contributed by atoms with Crippen molar-refractivity contribution in [1.82, 2.24) is 36.8 Å². The summed E-state index contributed by atoms with van der Waals surface area (Å²) in [5.74, 6) is -2.54. The molecule has 6 atom stereocenters. The smallest absolute Gasteiger partial charge is 0.245 e. The molecule has 6 amide bonds. The number of benzene rings is 2. The number of hydrogen-bond donors (Lipinski definition) is 10. The lowest BCUT2D eigenvalue weighted by atomic mass is 10.00. The second kappa shape index (κ2) is 28.6. The minimum absolute atomic E-state index is 0.00669. The van der Waals surface area contributed by atoms with Crippen molar-refractivity contribution in [1.29, 1.82) is 0 Å². The Morgan fingerprint density at radius 2 is 1.11 bits per heavy atom. The minimum Gasteiger partial charge on any atom is -0.354 e. The third kappa shape index (κ3) is 19.0. The summed E-state index contributed by atoms with van der Waals surface area (Å²) in [5.41, 5.74) is 25.6. The van der Waals surface area contributed by atoms with Crippen LogP contribution in [0.15, 0.2) is 60.7 Å². The average molecular weight is 864 g/mol. The van der Waals surface area contributed by atoms with E-state index in [-0.39, 0.29) is 44.1 Å². The van der Waals surface area contributed by atoms with Crippen LogP contribution in [0.5, 0.6) is 0 Å². The van der Waals surface area contributed by atoms with Gasteiger partial charge in [-0.25, -0.2) is 0 Å². The van der Waals surface area contributed by atoms with E-state index in [1.54, 1.807) is 4.90 Å². The van der Waals surface area contributed by atoms with Crippen molar-refractivity contribution in [3.63, 3.8) is 0 Å². The number of nitrogens with two attached hydrogens (primary N) is 4. The predicted molar refractivity (Wildman–Crippen MR) is 241 cm³/mol. The van der Waals surface area contributed by atoms with Crippen molar-refractivity contribution in [2.45, 2.75) is 121 Å². The highest BCUT2D eigenvalue weighted by molar-refractivity contribution is 5.95. The first-order chi connectivity index (χ1) is 29.8. The van der Waals surface area contributed by atoms with Crippen molar-refractivity contribution in [3.05, 3.63) is 71.8 Å². The predicted octanol–water partition coefficient (Wildman–Crippen LogP) is -0.302. The standard InChI is InChI=1S/C45H73N11O6/c1-31(2)29-39(55-43(60)37(21-20-32-13-5-3-6-14-32)52-41(58)35(49)30-33-15-7-4-8-16-33)44(61)53-36(19-12-23-47)42(59)51-24-10-9-18-38(45(62)56-27-25-50-26-28-56)54-40(57)34(48)17-11-22-46/h3-8,13-16,31,34-39,50H,9-12,17-30,46-49H2,1-2H3,(H,51,59)(H,52,58)(H,53,61)(H,54,57)(H,55,60)/t34-,35-,36-,37-,38+,39-/m1/s1. The summed E-state index contributed by atoms with van der Waals surface area (Å²) in [6.07, 6.45) is 4.40. The molecule has 2 aromatic carbocycles. The summed E-state index contributed by atoms with van der Waals surface area (Å²) in [4.78, 5) is 82.9. The highest BCUT2D eigenvalue weighted by Gasteiger charge is 2.32. The molecule has 0 unspecified atom stereocenters. The molecule has 0 saturated carbocycles. The molecule has 2 aromatic rings. The van der Waals surface area contributed by atoms with Gasteiger partial charge in [0.05, 0.1) is 12.1 Å². The van der Waals surface area contributed by atoms with Gasteiger partial charge in [-0.15, -0.1) is 0 Å². The van der Waals surface area contributed by atoms with Crippen LogP contribution in [0.4, 0.5) is 0 Å². The molecule has 1 aliphatic heterocycles. The molecule has 1 aliphatic rings. The van der Waals surface area contributed by atoms with Gasteiger partial charge in [0.1, 0.15) is 24.2 Å². The molecule has 0 bridgehead atoms. The van der Waals surface area contributed by atoms with Crippen molar-refractivity contribution in [2.75, 3.05) is 45.8 Å². The zero-order valence-corrected chi connectivity index (χ0v) is 36.7. The van der Waals surface area contributed by atoms with Gasteiger partial charge in [-0.1, -0.05) is 74.5 Å². The van der Waals surface area contributed by atoms with Crippen molar-refractivity contribution in [2.24, 2.45) is 28.9 Å². The van der Waals surface area contributed by atoms with Crippen LogP contribution in [0, 0.1) is 5.92 Å². The Kier molecular flexibility index (Phi) is 23.7. The number of amides is 6. The molecular formula is C45H73N11O6. The Morgan fingerprint density at radius 3 is 1.74 bits per heavy atom. The molecule has 1 saturated heterocycles. The molecule has 17 nitrogen and oxygen atoms in total. The van der Waals surface area contributed by atoms with Crippen LogP contribution in [0.2, 0.25) is 0 Å². The van der Waals surface area contributed by atoms with Gasteiger partial charge >= 0.3 is 0 Å². The summed E-state index contributed by atoms with van der Waals surface area (Å²) in [5, 5.41) is 17.5. The number of nitrogens with one attached hydrogen (secondary N) is 6.